The highest BCUT2D eigenvalue weighted by Crippen LogP contribution is 2.35. The molecule has 0 saturated heterocycles. The van der Waals surface area contributed by atoms with E-state index in [2.05, 4.69) is 9.83 Å². The molecule has 8 heteroatoms. The Hall–Kier alpha value is -3.21. The van der Waals surface area contributed by atoms with E-state index in [1.165, 1.54) is 6.20 Å². The number of carboxylic acid groups (broad SMARTS) is 1. The quantitative estimate of drug-likeness (QED) is 0.235. The van der Waals surface area contributed by atoms with Crippen LogP contribution in [-0.4, -0.2) is 32.5 Å². The van der Waals surface area contributed by atoms with Gasteiger partial charge < -0.3 is 14.4 Å². The molecule has 1 atom stereocenters. The van der Waals surface area contributed by atoms with Gasteiger partial charge in [0.1, 0.15) is 5.65 Å². The first-order valence-corrected chi connectivity index (χ1v) is 13.1. The minimum atomic E-state index is -0.912. The summed E-state index contributed by atoms with van der Waals surface area (Å²) in [7, 11) is 1.92. The van der Waals surface area contributed by atoms with Gasteiger partial charge in [-0.1, -0.05) is 30.7 Å². The van der Waals surface area contributed by atoms with Gasteiger partial charge in [-0.25, -0.2) is 9.83 Å². The molecular formula is C29H32ClN3O4. The zero-order valence-electron chi connectivity index (χ0n) is 21.2. The molecule has 4 rings (SSSR count). The van der Waals surface area contributed by atoms with E-state index >= 15 is 0 Å². The van der Waals surface area contributed by atoms with Crippen LogP contribution in [0, 0.1) is 18.4 Å². The summed E-state index contributed by atoms with van der Waals surface area (Å²) in [6.45, 7) is 9.71. The van der Waals surface area contributed by atoms with E-state index in [1.807, 2.05) is 35.9 Å². The number of benzene rings is 1. The molecule has 1 aliphatic carbocycles. The molecule has 2 aromatic heterocycles. The maximum absolute atomic E-state index is 13.5. The van der Waals surface area contributed by atoms with Gasteiger partial charge in [0.15, 0.2) is 5.78 Å². The van der Waals surface area contributed by atoms with Gasteiger partial charge in [-0.05, 0) is 67.7 Å². The van der Waals surface area contributed by atoms with Crippen molar-refractivity contribution in [3.8, 4) is 0 Å². The number of rotatable bonds is 10. The normalized spacial score (nSPS) is 18.4. The van der Waals surface area contributed by atoms with Crippen LogP contribution in [0.2, 0.25) is 5.02 Å². The number of halogens is 1. The van der Waals surface area contributed by atoms with Crippen LogP contribution in [0.5, 0.6) is 0 Å². The van der Waals surface area contributed by atoms with E-state index in [-0.39, 0.29) is 30.6 Å². The van der Waals surface area contributed by atoms with E-state index in [0.29, 0.717) is 39.8 Å². The first-order chi connectivity index (χ1) is 17.7. The number of fused-ring (bicyclic) bond motifs is 1. The predicted octanol–water partition coefficient (Wildman–Crippen LogP) is 6.78. The molecule has 0 amide bonds. The molecule has 194 valence electrons. The number of aromatic nitrogens is 2. The Balaban J connectivity index is 1.49. The molecule has 0 radical (unpaired) electrons. The van der Waals surface area contributed by atoms with Gasteiger partial charge in [0.05, 0.1) is 19.3 Å². The molecule has 1 aromatic carbocycles. The third kappa shape index (κ3) is 6.57. The van der Waals surface area contributed by atoms with Crippen LogP contribution < -0.4 is 0 Å². The number of carbonyl (C=O) groups excluding carboxylic acids is 1. The Morgan fingerprint density at radius 3 is 2.68 bits per heavy atom. The largest absolute Gasteiger partial charge is 0.481 e. The van der Waals surface area contributed by atoms with E-state index in [9.17, 15) is 9.59 Å². The van der Waals surface area contributed by atoms with Crippen LogP contribution in [0.4, 0.5) is 5.69 Å². The van der Waals surface area contributed by atoms with Crippen molar-refractivity contribution in [1.29, 1.82) is 0 Å². The van der Waals surface area contributed by atoms with E-state index < -0.39 is 5.97 Å². The van der Waals surface area contributed by atoms with Crippen LogP contribution in [-0.2, 0) is 29.6 Å². The Morgan fingerprint density at radius 2 is 2.00 bits per heavy atom. The number of hydrogen-bond acceptors (Lipinski definition) is 4. The number of aryl methyl sites for hydroxylation is 1. The number of ketones is 1. The molecule has 1 fully saturated rings. The highest BCUT2D eigenvalue weighted by molar-refractivity contribution is 6.30. The number of Topliss-reactive ketones (excluding diaryl/α,β-unsaturated/α-hetero) is 1. The van der Waals surface area contributed by atoms with Crippen molar-refractivity contribution >= 4 is 40.1 Å². The molecule has 1 unspecified atom stereocenters. The van der Waals surface area contributed by atoms with Crippen LogP contribution in [0.3, 0.4) is 0 Å². The van der Waals surface area contributed by atoms with Gasteiger partial charge in [0.25, 0.3) is 0 Å². The molecule has 0 spiro atoms. The molecule has 1 N–H and O–H groups in total. The Bertz CT molecular complexity index is 1330. The minimum Gasteiger partial charge on any atom is -0.481 e. The van der Waals surface area contributed by atoms with Crippen LogP contribution in [0.25, 0.3) is 15.9 Å². The van der Waals surface area contributed by atoms with E-state index in [1.54, 1.807) is 13.0 Å². The van der Waals surface area contributed by atoms with Crippen molar-refractivity contribution in [2.45, 2.75) is 64.6 Å². The first kappa shape index (κ1) is 26.8. The second kappa shape index (κ2) is 11.9. The molecule has 1 saturated carbocycles. The van der Waals surface area contributed by atoms with Crippen LogP contribution in [0.1, 0.15) is 67.1 Å². The number of carbonyl (C=O) groups is 2. The number of carboxylic acids is 1. The monoisotopic (exact) mass is 521 g/mol. The summed E-state index contributed by atoms with van der Waals surface area (Å²) in [5.74, 6) is -0.879. The number of ether oxygens (including phenoxy) is 1. The Labute approximate surface area is 222 Å². The van der Waals surface area contributed by atoms with E-state index in [0.717, 1.165) is 43.4 Å². The highest BCUT2D eigenvalue weighted by atomic mass is 35.5. The maximum atomic E-state index is 13.5. The van der Waals surface area contributed by atoms with Gasteiger partial charge >= 0.3 is 5.97 Å². The molecule has 0 aliphatic heterocycles. The van der Waals surface area contributed by atoms with Gasteiger partial charge in [0, 0.05) is 47.8 Å². The molecule has 2 heterocycles. The lowest BCUT2D eigenvalue weighted by molar-refractivity contribution is -0.137. The van der Waals surface area contributed by atoms with Crippen molar-refractivity contribution in [3.05, 3.63) is 69.8 Å². The van der Waals surface area contributed by atoms with Crippen molar-refractivity contribution < 1.29 is 19.4 Å². The third-order valence-electron chi connectivity index (χ3n) is 7.25. The number of hydrogen-bond donors (Lipinski definition) is 1. The van der Waals surface area contributed by atoms with Crippen molar-refractivity contribution in [1.82, 2.24) is 9.55 Å². The van der Waals surface area contributed by atoms with Crippen LogP contribution >= 0.6 is 11.6 Å². The zero-order chi connectivity index (χ0) is 26.5. The second-order valence-corrected chi connectivity index (χ2v) is 10.6. The van der Waals surface area contributed by atoms with Crippen molar-refractivity contribution in [2.24, 2.45) is 18.9 Å². The fraction of sp³-hybridized carbons (Fsp3) is 0.448. The summed E-state index contributed by atoms with van der Waals surface area (Å²) in [6.07, 6.45) is 6.43. The van der Waals surface area contributed by atoms with Gasteiger partial charge in [0.2, 0.25) is 5.69 Å². The molecule has 7 nitrogen and oxygen atoms in total. The Kier molecular flexibility index (Phi) is 8.63. The van der Waals surface area contributed by atoms with Crippen LogP contribution in [0.15, 0.2) is 36.5 Å². The second-order valence-electron chi connectivity index (χ2n) is 10.2. The number of pyridine rings is 1. The van der Waals surface area contributed by atoms with Gasteiger partial charge in [-0.2, -0.15) is 0 Å². The van der Waals surface area contributed by atoms with Crippen molar-refractivity contribution in [2.75, 3.05) is 0 Å². The first-order valence-electron chi connectivity index (χ1n) is 12.7. The zero-order valence-corrected chi connectivity index (χ0v) is 22.0. The lowest BCUT2D eigenvalue weighted by atomic mass is 9.83. The third-order valence-corrected chi connectivity index (χ3v) is 7.48. The average molecular weight is 522 g/mol. The number of nitrogens with zero attached hydrogens (tertiary/aromatic N) is 3. The summed E-state index contributed by atoms with van der Waals surface area (Å²) in [4.78, 5) is 32.6. The summed E-state index contributed by atoms with van der Waals surface area (Å²) in [6, 6.07) is 9.46. The fourth-order valence-electron chi connectivity index (χ4n) is 5.37. The topological polar surface area (TPSA) is 85.8 Å². The lowest BCUT2D eigenvalue weighted by Gasteiger charge is -2.29. The summed E-state index contributed by atoms with van der Waals surface area (Å²) in [5.41, 5.74) is 3.63. The summed E-state index contributed by atoms with van der Waals surface area (Å²) < 4.78 is 8.13. The summed E-state index contributed by atoms with van der Waals surface area (Å²) >= 11 is 6.08. The van der Waals surface area contributed by atoms with Gasteiger partial charge in [-0.15, -0.1) is 0 Å². The smallest absolute Gasteiger partial charge is 0.303 e. The standard InChI is InChI=1S/C29H32ClN3O4/c1-18(12-27(35)36)11-26(34)28-24-15-22(31-2)16-32-29(24)33(3)25(28)14-19-7-9-23(10-8-19)37-17-20-5-4-6-21(30)13-20/h4-6,13,15-16,18-19,23H,7-12,14,17H2,1,3H3,(H,35,36). The predicted molar refractivity (Wildman–Crippen MR) is 143 cm³/mol. The minimum absolute atomic E-state index is 0.0589. The lowest BCUT2D eigenvalue weighted by Crippen LogP contribution is -2.24. The molecule has 37 heavy (non-hydrogen) atoms. The fourth-order valence-corrected chi connectivity index (χ4v) is 5.58. The molecular weight excluding hydrogens is 490 g/mol. The Morgan fingerprint density at radius 1 is 1.24 bits per heavy atom. The SMILES string of the molecule is [C-]#[N+]c1cnc2c(c1)c(C(=O)CC(C)CC(=O)O)c(CC1CCC(OCc3cccc(Cl)c3)CC1)n2C. The summed E-state index contributed by atoms with van der Waals surface area (Å²) in [5, 5.41) is 10.5. The maximum Gasteiger partial charge on any atom is 0.303 e. The average Bonchev–Trinajstić information content (AvgIpc) is 3.13. The molecule has 3 aromatic rings. The van der Waals surface area contributed by atoms with E-state index in [4.69, 9.17) is 28.0 Å². The van der Waals surface area contributed by atoms with Crippen molar-refractivity contribution in [3.63, 3.8) is 0 Å². The number of aliphatic carboxylic acids is 1. The van der Waals surface area contributed by atoms with Gasteiger partial charge in [-0.3, -0.25) is 9.59 Å². The molecule has 1 aliphatic rings. The highest BCUT2D eigenvalue weighted by Gasteiger charge is 2.28. The molecule has 0 bridgehead atoms.